The molecule has 0 saturated heterocycles. The number of aryl methyl sites for hydroxylation is 1. The van der Waals surface area contributed by atoms with Crippen molar-refractivity contribution < 1.29 is 18.0 Å². The molecule has 1 aromatic heterocycles. The van der Waals surface area contributed by atoms with Crippen molar-refractivity contribution in [3.63, 3.8) is 0 Å². The molecule has 0 bridgehead atoms. The smallest absolute Gasteiger partial charge is 0.352 e. The Morgan fingerprint density at radius 2 is 1.90 bits per heavy atom. The number of nitrogens with zero attached hydrogens (tertiary/aromatic N) is 2. The third kappa shape index (κ3) is 4.73. The molecule has 2 aromatic rings. The molecule has 0 atom stereocenters. The van der Waals surface area contributed by atoms with Crippen LogP contribution in [0.2, 0.25) is 0 Å². The van der Waals surface area contributed by atoms with E-state index in [2.05, 4.69) is 11.4 Å². The maximum Gasteiger partial charge on any atom is 0.416 e. The molecule has 0 radical (unpaired) electrons. The number of amides is 1. The van der Waals surface area contributed by atoms with Crippen LogP contribution in [0.25, 0.3) is 5.69 Å². The molecule has 0 aliphatic heterocycles. The van der Waals surface area contributed by atoms with E-state index in [0.29, 0.717) is 12.2 Å². The highest BCUT2D eigenvalue weighted by atomic mass is 19.4. The second kappa shape index (κ2) is 8.74. The Morgan fingerprint density at radius 3 is 2.53 bits per heavy atom. The quantitative estimate of drug-likeness (QED) is 0.809. The molecule has 0 unspecified atom stereocenters. The van der Waals surface area contributed by atoms with E-state index in [0.717, 1.165) is 42.4 Å². The van der Waals surface area contributed by atoms with Crippen molar-refractivity contribution in [1.29, 1.82) is 5.26 Å². The number of aromatic nitrogens is 1. The van der Waals surface area contributed by atoms with E-state index >= 15 is 0 Å². The van der Waals surface area contributed by atoms with Gasteiger partial charge in [0.1, 0.15) is 5.56 Å². The SMILES string of the molecule is Cc1ccc(C(=O)NCC2CCC(C#N)CC2)c(=O)n1-c1cccc(C(F)(F)F)c1. The number of carbonyl (C=O) groups excluding carboxylic acids is 1. The number of halogens is 3. The molecule has 1 aliphatic rings. The van der Waals surface area contributed by atoms with Crippen LogP contribution in [-0.2, 0) is 6.18 Å². The lowest BCUT2D eigenvalue weighted by molar-refractivity contribution is -0.137. The molecule has 1 aliphatic carbocycles. The molecular formula is C22H22F3N3O2. The highest BCUT2D eigenvalue weighted by Crippen LogP contribution is 2.30. The maximum absolute atomic E-state index is 13.0. The number of pyridine rings is 1. The molecule has 3 rings (SSSR count). The number of hydrogen-bond donors (Lipinski definition) is 1. The number of nitriles is 1. The van der Waals surface area contributed by atoms with Crippen LogP contribution in [0.1, 0.15) is 47.3 Å². The number of alkyl halides is 3. The predicted molar refractivity (Wildman–Crippen MR) is 105 cm³/mol. The molecule has 1 heterocycles. The van der Waals surface area contributed by atoms with Gasteiger partial charge in [0, 0.05) is 23.8 Å². The summed E-state index contributed by atoms with van der Waals surface area (Å²) in [4.78, 5) is 25.5. The van der Waals surface area contributed by atoms with Gasteiger partial charge in [0.25, 0.3) is 11.5 Å². The summed E-state index contributed by atoms with van der Waals surface area (Å²) in [5.74, 6) is -0.244. The molecule has 158 valence electrons. The normalized spacial score (nSPS) is 19.2. The van der Waals surface area contributed by atoms with Crippen molar-refractivity contribution in [1.82, 2.24) is 9.88 Å². The fourth-order valence-corrected chi connectivity index (χ4v) is 3.77. The van der Waals surface area contributed by atoms with E-state index in [4.69, 9.17) is 5.26 Å². The standard InChI is InChI=1S/C22H22F3N3O2/c1-14-5-10-19(20(29)27-13-16-8-6-15(12-26)7-9-16)21(30)28(14)18-4-2-3-17(11-18)22(23,24)25/h2-5,10-11,15-16H,6-9,13H2,1H3,(H,27,29). The van der Waals surface area contributed by atoms with Gasteiger partial charge in [-0.2, -0.15) is 18.4 Å². The van der Waals surface area contributed by atoms with E-state index in [-0.39, 0.29) is 23.1 Å². The summed E-state index contributed by atoms with van der Waals surface area (Å²) >= 11 is 0. The van der Waals surface area contributed by atoms with Gasteiger partial charge in [-0.15, -0.1) is 0 Å². The van der Waals surface area contributed by atoms with E-state index in [1.165, 1.54) is 24.3 Å². The Bertz CT molecular complexity index is 1030. The van der Waals surface area contributed by atoms with E-state index in [1.54, 1.807) is 6.92 Å². The largest absolute Gasteiger partial charge is 0.416 e. The topological polar surface area (TPSA) is 74.9 Å². The highest BCUT2D eigenvalue weighted by molar-refractivity contribution is 5.93. The van der Waals surface area contributed by atoms with Crippen LogP contribution >= 0.6 is 0 Å². The fraction of sp³-hybridized carbons (Fsp3) is 0.409. The Morgan fingerprint density at radius 1 is 1.20 bits per heavy atom. The summed E-state index contributed by atoms with van der Waals surface area (Å²) in [5.41, 5.74) is -1.18. The van der Waals surface area contributed by atoms with Gasteiger partial charge in [0.15, 0.2) is 0 Å². The summed E-state index contributed by atoms with van der Waals surface area (Å²) in [6.07, 6.45) is -1.28. The van der Waals surface area contributed by atoms with E-state index < -0.39 is 23.2 Å². The molecule has 5 nitrogen and oxygen atoms in total. The van der Waals surface area contributed by atoms with Gasteiger partial charge in [-0.05, 0) is 68.9 Å². The number of nitrogens with one attached hydrogen (secondary N) is 1. The molecule has 1 aromatic carbocycles. The minimum absolute atomic E-state index is 0.0526. The average Bonchev–Trinajstić information content (AvgIpc) is 2.72. The lowest BCUT2D eigenvalue weighted by atomic mass is 9.83. The molecular weight excluding hydrogens is 395 g/mol. The van der Waals surface area contributed by atoms with Gasteiger partial charge in [-0.25, -0.2) is 0 Å². The fourth-order valence-electron chi connectivity index (χ4n) is 3.77. The molecule has 0 spiro atoms. The monoisotopic (exact) mass is 417 g/mol. The van der Waals surface area contributed by atoms with Crippen molar-refractivity contribution >= 4 is 5.91 Å². The number of hydrogen-bond acceptors (Lipinski definition) is 3. The van der Waals surface area contributed by atoms with Crippen molar-refractivity contribution in [2.75, 3.05) is 6.54 Å². The summed E-state index contributed by atoms with van der Waals surface area (Å²) in [5, 5.41) is 11.7. The first-order valence-electron chi connectivity index (χ1n) is 9.79. The molecule has 1 fully saturated rings. The highest BCUT2D eigenvalue weighted by Gasteiger charge is 2.31. The molecule has 1 saturated carbocycles. The van der Waals surface area contributed by atoms with Crippen LogP contribution in [0.3, 0.4) is 0 Å². The van der Waals surface area contributed by atoms with E-state index in [1.807, 2.05) is 0 Å². The van der Waals surface area contributed by atoms with Gasteiger partial charge in [-0.3, -0.25) is 14.2 Å². The van der Waals surface area contributed by atoms with Gasteiger partial charge < -0.3 is 5.32 Å². The van der Waals surface area contributed by atoms with Crippen LogP contribution in [0, 0.1) is 30.1 Å². The minimum Gasteiger partial charge on any atom is -0.352 e. The first kappa shape index (κ1) is 21.6. The van der Waals surface area contributed by atoms with Crippen LogP contribution in [-0.4, -0.2) is 17.0 Å². The lowest BCUT2D eigenvalue weighted by Crippen LogP contribution is -2.36. The Labute approximate surface area is 172 Å². The molecule has 8 heteroatoms. The van der Waals surface area contributed by atoms with Crippen molar-refractivity contribution in [3.05, 3.63) is 63.6 Å². The van der Waals surface area contributed by atoms with Gasteiger partial charge in [0.05, 0.1) is 11.6 Å². The second-order valence-electron chi connectivity index (χ2n) is 7.63. The molecule has 1 amide bonds. The number of rotatable bonds is 4. The zero-order valence-electron chi connectivity index (χ0n) is 16.5. The Balaban J connectivity index is 1.81. The minimum atomic E-state index is -4.53. The first-order valence-corrected chi connectivity index (χ1v) is 9.79. The number of benzene rings is 1. The zero-order chi connectivity index (χ0) is 21.9. The number of carbonyl (C=O) groups is 1. The Kier molecular flexibility index (Phi) is 6.30. The van der Waals surface area contributed by atoms with Crippen molar-refractivity contribution in [3.8, 4) is 11.8 Å². The first-order chi connectivity index (χ1) is 14.2. The van der Waals surface area contributed by atoms with Crippen LogP contribution in [0.5, 0.6) is 0 Å². The predicted octanol–water partition coefficient (Wildman–Crippen LogP) is 4.22. The summed E-state index contributed by atoms with van der Waals surface area (Å²) in [7, 11) is 0. The third-order valence-corrected chi connectivity index (χ3v) is 5.53. The third-order valence-electron chi connectivity index (χ3n) is 5.53. The van der Waals surface area contributed by atoms with Crippen molar-refractivity contribution in [2.45, 2.75) is 38.8 Å². The lowest BCUT2D eigenvalue weighted by Gasteiger charge is -2.24. The van der Waals surface area contributed by atoms with Crippen LogP contribution in [0.4, 0.5) is 13.2 Å². The Hall–Kier alpha value is -3.08. The van der Waals surface area contributed by atoms with Crippen LogP contribution < -0.4 is 10.9 Å². The zero-order valence-corrected chi connectivity index (χ0v) is 16.5. The van der Waals surface area contributed by atoms with Gasteiger partial charge in [0.2, 0.25) is 0 Å². The summed E-state index contributed by atoms with van der Waals surface area (Å²) in [6.45, 7) is 1.99. The average molecular weight is 417 g/mol. The molecule has 1 N–H and O–H groups in total. The van der Waals surface area contributed by atoms with Gasteiger partial charge >= 0.3 is 6.18 Å². The maximum atomic E-state index is 13.0. The van der Waals surface area contributed by atoms with Crippen molar-refractivity contribution in [2.24, 2.45) is 11.8 Å². The molecule has 30 heavy (non-hydrogen) atoms. The summed E-state index contributed by atoms with van der Waals surface area (Å²) < 4.78 is 40.3. The summed E-state index contributed by atoms with van der Waals surface area (Å²) in [6, 6.07) is 9.65. The second-order valence-corrected chi connectivity index (χ2v) is 7.63. The van der Waals surface area contributed by atoms with Gasteiger partial charge in [-0.1, -0.05) is 6.07 Å². The van der Waals surface area contributed by atoms with E-state index in [9.17, 15) is 22.8 Å². The van der Waals surface area contributed by atoms with Crippen LogP contribution in [0.15, 0.2) is 41.2 Å².